The zero-order chi connectivity index (χ0) is 21.8. The van der Waals surface area contributed by atoms with E-state index in [2.05, 4.69) is 0 Å². The SMILES string of the molecule is O=C1N(CC2CC2)c2ccc(Cc3ccc(F)cc3C(F)(F)F)cc2C12OCCCO2. The second-order valence-corrected chi connectivity index (χ2v) is 8.35. The third-order valence-electron chi connectivity index (χ3n) is 6.04. The van der Waals surface area contributed by atoms with Crippen molar-refractivity contribution in [2.75, 3.05) is 24.7 Å². The zero-order valence-corrected chi connectivity index (χ0v) is 16.7. The van der Waals surface area contributed by atoms with Crippen LogP contribution in [0, 0.1) is 11.7 Å². The number of rotatable bonds is 4. The van der Waals surface area contributed by atoms with Crippen LogP contribution in [0.2, 0.25) is 0 Å². The third-order valence-corrected chi connectivity index (χ3v) is 6.04. The van der Waals surface area contributed by atoms with Crippen molar-refractivity contribution < 1.29 is 31.8 Å². The maximum Gasteiger partial charge on any atom is 0.416 e. The standard InChI is InChI=1S/C23H21F4NO3/c24-17-6-5-16(18(12-17)23(25,26)27)10-15-4-7-20-19(11-15)22(30-8-1-9-31-22)21(29)28(20)13-14-2-3-14/h4-7,11-12,14H,1-3,8-10,13H2. The molecule has 0 unspecified atom stereocenters. The maximum absolute atomic E-state index is 13.5. The summed E-state index contributed by atoms with van der Waals surface area (Å²) in [6.07, 6.45) is -1.93. The van der Waals surface area contributed by atoms with Gasteiger partial charge in [0.25, 0.3) is 11.7 Å². The lowest BCUT2D eigenvalue weighted by Crippen LogP contribution is -2.47. The quantitative estimate of drug-likeness (QED) is 0.649. The number of ether oxygens (including phenoxy) is 2. The summed E-state index contributed by atoms with van der Waals surface area (Å²) in [6.45, 7) is 1.31. The number of fused-ring (bicyclic) bond motifs is 2. The Morgan fingerprint density at radius 1 is 1.06 bits per heavy atom. The largest absolute Gasteiger partial charge is 0.416 e. The van der Waals surface area contributed by atoms with Crippen molar-refractivity contribution in [3.8, 4) is 0 Å². The fourth-order valence-corrected chi connectivity index (χ4v) is 4.33. The smallest absolute Gasteiger partial charge is 0.338 e. The first kappa shape index (κ1) is 20.5. The van der Waals surface area contributed by atoms with Gasteiger partial charge < -0.3 is 14.4 Å². The van der Waals surface area contributed by atoms with E-state index in [1.807, 2.05) is 0 Å². The van der Waals surface area contributed by atoms with E-state index in [0.717, 1.165) is 25.0 Å². The molecule has 0 N–H and O–H groups in total. The molecule has 0 radical (unpaired) electrons. The van der Waals surface area contributed by atoms with E-state index < -0.39 is 23.3 Å². The van der Waals surface area contributed by atoms with Crippen molar-refractivity contribution in [2.24, 2.45) is 5.92 Å². The Kier molecular flexibility index (Phi) is 4.82. The van der Waals surface area contributed by atoms with Crippen LogP contribution in [-0.2, 0) is 32.7 Å². The van der Waals surface area contributed by atoms with Crippen LogP contribution in [0.4, 0.5) is 23.2 Å². The lowest BCUT2D eigenvalue weighted by molar-refractivity contribution is -0.256. The molecule has 1 saturated heterocycles. The topological polar surface area (TPSA) is 38.8 Å². The molecule has 1 amide bonds. The van der Waals surface area contributed by atoms with Crippen molar-refractivity contribution in [3.05, 3.63) is 64.5 Å². The summed E-state index contributed by atoms with van der Waals surface area (Å²) in [5.41, 5.74) is 0.740. The van der Waals surface area contributed by atoms with Gasteiger partial charge in [-0.15, -0.1) is 0 Å². The highest BCUT2D eigenvalue weighted by atomic mass is 19.4. The number of hydrogen-bond acceptors (Lipinski definition) is 3. The monoisotopic (exact) mass is 435 g/mol. The summed E-state index contributed by atoms with van der Waals surface area (Å²) in [6, 6.07) is 7.83. The molecule has 1 spiro atoms. The summed E-state index contributed by atoms with van der Waals surface area (Å²) >= 11 is 0. The highest BCUT2D eigenvalue weighted by Gasteiger charge is 2.55. The maximum atomic E-state index is 13.5. The first-order valence-corrected chi connectivity index (χ1v) is 10.4. The summed E-state index contributed by atoms with van der Waals surface area (Å²) in [7, 11) is 0. The van der Waals surface area contributed by atoms with Crippen LogP contribution >= 0.6 is 0 Å². The second-order valence-electron chi connectivity index (χ2n) is 8.35. The highest BCUT2D eigenvalue weighted by molar-refractivity contribution is 6.06. The molecule has 2 heterocycles. The predicted octanol–water partition coefficient (Wildman–Crippen LogP) is 4.78. The predicted molar refractivity (Wildman–Crippen MR) is 104 cm³/mol. The number of halogens is 4. The van der Waals surface area contributed by atoms with E-state index in [0.29, 0.717) is 55.0 Å². The Hall–Kier alpha value is -2.45. The average Bonchev–Trinajstić information content (AvgIpc) is 3.54. The van der Waals surface area contributed by atoms with Gasteiger partial charge in [0.2, 0.25) is 0 Å². The lowest BCUT2D eigenvalue weighted by Gasteiger charge is -2.32. The van der Waals surface area contributed by atoms with Gasteiger partial charge in [0.1, 0.15) is 5.82 Å². The van der Waals surface area contributed by atoms with E-state index in [-0.39, 0.29) is 17.9 Å². The highest BCUT2D eigenvalue weighted by Crippen LogP contribution is 2.47. The lowest BCUT2D eigenvalue weighted by atomic mass is 9.96. The molecule has 5 rings (SSSR count). The molecule has 2 aliphatic heterocycles. The second kappa shape index (κ2) is 7.31. The molecule has 2 fully saturated rings. The fourth-order valence-electron chi connectivity index (χ4n) is 4.33. The van der Waals surface area contributed by atoms with Crippen LogP contribution in [0.3, 0.4) is 0 Å². The van der Waals surface area contributed by atoms with E-state index in [4.69, 9.17) is 9.47 Å². The van der Waals surface area contributed by atoms with Crippen molar-refractivity contribution in [2.45, 2.75) is 37.6 Å². The molecule has 2 aromatic rings. The van der Waals surface area contributed by atoms with Gasteiger partial charge in [0, 0.05) is 12.1 Å². The molecule has 3 aliphatic rings. The Morgan fingerprint density at radius 3 is 2.48 bits per heavy atom. The number of alkyl halides is 3. The van der Waals surface area contributed by atoms with Crippen LogP contribution in [0.15, 0.2) is 36.4 Å². The summed E-state index contributed by atoms with van der Waals surface area (Å²) in [5.74, 6) is -2.30. The molecular formula is C23H21F4NO3. The Morgan fingerprint density at radius 2 is 1.81 bits per heavy atom. The normalized spacial score (nSPS) is 20.4. The summed E-state index contributed by atoms with van der Waals surface area (Å²) in [5, 5.41) is 0. The first-order valence-electron chi connectivity index (χ1n) is 10.4. The molecule has 1 aliphatic carbocycles. The van der Waals surface area contributed by atoms with Gasteiger partial charge in [-0.2, -0.15) is 13.2 Å². The van der Waals surface area contributed by atoms with Crippen molar-refractivity contribution >= 4 is 11.6 Å². The van der Waals surface area contributed by atoms with Crippen molar-refractivity contribution in [1.29, 1.82) is 0 Å². The number of nitrogens with zero attached hydrogens (tertiary/aromatic N) is 1. The number of carbonyl (C=O) groups is 1. The van der Waals surface area contributed by atoms with Crippen LogP contribution in [0.25, 0.3) is 0 Å². The fraction of sp³-hybridized carbons (Fsp3) is 0.435. The van der Waals surface area contributed by atoms with Gasteiger partial charge in [-0.3, -0.25) is 4.79 Å². The van der Waals surface area contributed by atoms with E-state index in [1.165, 1.54) is 0 Å². The van der Waals surface area contributed by atoms with Gasteiger partial charge in [0.05, 0.1) is 24.5 Å². The number of anilines is 1. The number of hydrogen-bond donors (Lipinski definition) is 0. The molecule has 4 nitrogen and oxygen atoms in total. The van der Waals surface area contributed by atoms with Gasteiger partial charge in [0.15, 0.2) is 0 Å². The molecule has 2 aromatic carbocycles. The van der Waals surface area contributed by atoms with Crippen molar-refractivity contribution in [1.82, 2.24) is 0 Å². The van der Waals surface area contributed by atoms with Gasteiger partial charge >= 0.3 is 6.18 Å². The Labute approximate surface area is 176 Å². The molecular weight excluding hydrogens is 414 g/mol. The van der Waals surface area contributed by atoms with E-state index in [9.17, 15) is 22.4 Å². The first-order chi connectivity index (χ1) is 14.8. The molecule has 0 aromatic heterocycles. The molecule has 164 valence electrons. The minimum Gasteiger partial charge on any atom is -0.338 e. The number of amides is 1. The van der Waals surface area contributed by atoms with E-state index in [1.54, 1.807) is 23.1 Å². The summed E-state index contributed by atoms with van der Waals surface area (Å²) < 4.78 is 65.4. The molecule has 1 saturated carbocycles. The minimum atomic E-state index is -4.66. The minimum absolute atomic E-state index is 0.0347. The molecule has 31 heavy (non-hydrogen) atoms. The Balaban J connectivity index is 1.53. The zero-order valence-electron chi connectivity index (χ0n) is 16.7. The van der Waals surface area contributed by atoms with Crippen LogP contribution in [0.1, 0.15) is 41.5 Å². The molecule has 0 bridgehead atoms. The van der Waals surface area contributed by atoms with Crippen LogP contribution in [-0.4, -0.2) is 25.7 Å². The third kappa shape index (κ3) is 3.61. The summed E-state index contributed by atoms with van der Waals surface area (Å²) in [4.78, 5) is 15.0. The van der Waals surface area contributed by atoms with Gasteiger partial charge in [-0.1, -0.05) is 12.1 Å². The number of carbonyl (C=O) groups excluding carboxylic acids is 1. The van der Waals surface area contributed by atoms with Gasteiger partial charge in [-0.25, -0.2) is 4.39 Å². The van der Waals surface area contributed by atoms with Crippen molar-refractivity contribution in [3.63, 3.8) is 0 Å². The Bertz CT molecular complexity index is 1030. The van der Waals surface area contributed by atoms with Gasteiger partial charge in [-0.05, 0) is 67.0 Å². The average molecular weight is 435 g/mol. The van der Waals surface area contributed by atoms with Crippen LogP contribution < -0.4 is 4.90 Å². The number of benzene rings is 2. The molecule has 8 heteroatoms. The van der Waals surface area contributed by atoms with E-state index >= 15 is 0 Å². The van der Waals surface area contributed by atoms with Crippen LogP contribution in [0.5, 0.6) is 0 Å². The molecule has 0 atom stereocenters.